The second kappa shape index (κ2) is 6.01. The Labute approximate surface area is 136 Å². The monoisotopic (exact) mass is 304 g/mol. The fourth-order valence-corrected chi connectivity index (χ4v) is 3.33. The van der Waals surface area contributed by atoms with Crippen LogP contribution in [0, 0.1) is 0 Å². The van der Waals surface area contributed by atoms with Crippen molar-refractivity contribution < 1.29 is 4.74 Å². The van der Waals surface area contributed by atoms with Gasteiger partial charge in [0.1, 0.15) is 5.75 Å². The van der Waals surface area contributed by atoms with Crippen LogP contribution in [0.4, 0.5) is 0 Å². The lowest BCUT2D eigenvalue weighted by atomic mass is 9.92. The molecule has 0 amide bonds. The van der Waals surface area contributed by atoms with Crippen molar-refractivity contribution in [3.05, 3.63) is 59.8 Å². The Hall–Kier alpha value is -2.39. The summed E-state index contributed by atoms with van der Waals surface area (Å²) in [6.45, 7) is 4.58. The second-order valence-corrected chi connectivity index (χ2v) is 5.81. The zero-order valence-corrected chi connectivity index (χ0v) is 13.3. The van der Waals surface area contributed by atoms with Gasteiger partial charge in [-0.05, 0) is 41.8 Å². The molecule has 2 heterocycles. The summed E-state index contributed by atoms with van der Waals surface area (Å²) in [5.41, 5.74) is 6.18. The molecule has 4 rings (SSSR count). The highest BCUT2D eigenvalue weighted by Crippen LogP contribution is 2.35. The van der Waals surface area contributed by atoms with Crippen molar-refractivity contribution in [1.82, 2.24) is 10.3 Å². The molecule has 0 saturated heterocycles. The van der Waals surface area contributed by atoms with Crippen molar-refractivity contribution in [3.63, 3.8) is 0 Å². The highest BCUT2D eigenvalue weighted by molar-refractivity contribution is 5.96. The summed E-state index contributed by atoms with van der Waals surface area (Å²) in [6, 6.07) is 16.8. The molecule has 23 heavy (non-hydrogen) atoms. The predicted octanol–water partition coefficient (Wildman–Crippen LogP) is 3.95. The summed E-state index contributed by atoms with van der Waals surface area (Å²) in [4.78, 5) is 4.88. The van der Waals surface area contributed by atoms with Gasteiger partial charge < -0.3 is 10.1 Å². The van der Waals surface area contributed by atoms with Gasteiger partial charge in [0, 0.05) is 30.6 Å². The minimum atomic E-state index is 0.691. The van der Waals surface area contributed by atoms with Crippen molar-refractivity contribution in [2.45, 2.75) is 19.9 Å². The van der Waals surface area contributed by atoms with Crippen LogP contribution in [-0.4, -0.2) is 18.1 Å². The standard InChI is InChI=1S/C20H20N2O/c1-2-23-15-9-7-14(8-10-15)20-16-5-3-4-6-18(16)22-19-11-12-21-13-17(19)20/h3-10,21H,2,11-13H2,1H3. The Morgan fingerprint density at radius 3 is 2.74 bits per heavy atom. The molecule has 116 valence electrons. The van der Waals surface area contributed by atoms with Gasteiger partial charge in [-0.15, -0.1) is 0 Å². The minimum absolute atomic E-state index is 0.691. The fourth-order valence-electron chi connectivity index (χ4n) is 3.33. The Bertz CT molecular complexity index is 840. The lowest BCUT2D eigenvalue weighted by Crippen LogP contribution is -2.25. The van der Waals surface area contributed by atoms with Crippen LogP contribution in [0.25, 0.3) is 22.0 Å². The molecule has 0 atom stereocenters. The van der Waals surface area contributed by atoms with Crippen LogP contribution < -0.4 is 10.1 Å². The van der Waals surface area contributed by atoms with Crippen molar-refractivity contribution in [2.75, 3.05) is 13.2 Å². The number of pyridine rings is 1. The molecule has 0 spiro atoms. The maximum Gasteiger partial charge on any atom is 0.119 e. The summed E-state index contributed by atoms with van der Waals surface area (Å²) >= 11 is 0. The van der Waals surface area contributed by atoms with E-state index in [1.807, 2.05) is 6.92 Å². The number of nitrogens with zero attached hydrogens (tertiary/aromatic N) is 1. The predicted molar refractivity (Wildman–Crippen MR) is 93.8 cm³/mol. The molecule has 2 aromatic carbocycles. The molecule has 0 radical (unpaired) electrons. The largest absolute Gasteiger partial charge is 0.494 e. The first-order valence-electron chi connectivity index (χ1n) is 8.21. The Balaban J connectivity index is 1.93. The average Bonchev–Trinajstić information content (AvgIpc) is 2.61. The van der Waals surface area contributed by atoms with E-state index >= 15 is 0 Å². The van der Waals surface area contributed by atoms with E-state index in [0.29, 0.717) is 6.61 Å². The Morgan fingerprint density at radius 1 is 1.09 bits per heavy atom. The SMILES string of the molecule is CCOc1ccc(-c2c3c(nc4ccccc24)CCNC3)cc1. The van der Waals surface area contributed by atoms with Gasteiger partial charge in [0.15, 0.2) is 0 Å². The Kier molecular flexibility index (Phi) is 3.72. The van der Waals surface area contributed by atoms with E-state index < -0.39 is 0 Å². The third kappa shape index (κ3) is 2.57. The van der Waals surface area contributed by atoms with E-state index in [4.69, 9.17) is 9.72 Å². The number of benzene rings is 2. The molecule has 3 aromatic rings. The van der Waals surface area contributed by atoms with E-state index in [0.717, 1.165) is 30.8 Å². The molecule has 1 N–H and O–H groups in total. The maximum absolute atomic E-state index is 5.57. The number of fused-ring (bicyclic) bond motifs is 2. The summed E-state index contributed by atoms with van der Waals surface area (Å²) in [7, 11) is 0. The van der Waals surface area contributed by atoms with E-state index in [1.54, 1.807) is 0 Å². The van der Waals surface area contributed by atoms with Gasteiger partial charge in [-0.3, -0.25) is 4.98 Å². The second-order valence-electron chi connectivity index (χ2n) is 5.81. The molecule has 1 aliphatic heterocycles. The van der Waals surface area contributed by atoms with Crippen LogP contribution in [0.1, 0.15) is 18.2 Å². The zero-order valence-electron chi connectivity index (χ0n) is 13.3. The topological polar surface area (TPSA) is 34.1 Å². The van der Waals surface area contributed by atoms with Gasteiger partial charge in [0.25, 0.3) is 0 Å². The highest BCUT2D eigenvalue weighted by Gasteiger charge is 2.18. The molecule has 1 aromatic heterocycles. The van der Waals surface area contributed by atoms with Gasteiger partial charge >= 0.3 is 0 Å². The van der Waals surface area contributed by atoms with E-state index in [-0.39, 0.29) is 0 Å². The molecule has 0 aliphatic carbocycles. The summed E-state index contributed by atoms with van der Waals surface area (Å²) in [5.74, 6) is 0.918. The average molecular weight is 304 g/mol. The molecule has 1 aliphatic rings. The van der Waals surface area contributed by atoms with Gasteiger partial charge in [0.05, 0.1) is 12.1 Å². The van der Waals surface area contributed by atoms with E-state index in [9.17, 15) is 0 Å². The normalized spacial score (nSPS) is 13.8. The summed E-state index contributed by atoms with van der Waals surface area (Å²) in [6.07, 6.45) is 0.990. The lowest BCUT2D eigenvalue weighted by Gasteiger charge is -2.22. The number of aromatic nitrogens is 1. The summed E-state index contributed by atoms with van der Waals surface area (Å²) in [5, 5.41) is 4.70. The molecule has 3 heteroatoms. The molecule has 0 bridgehead atoms. The molecule has 0 saturated carbocycles. The number of hydrogen-bond acceptors (Lipinski definition) is 3. The van der Waals surface area contributed by atoms with Crippen LogP contribution in [0.5, 0.6) is 5.75 Å². The first kappa shape index (κ1) is 14.2. The maximum atomic E-state index is 5.57. The van der Waals surface area contributed by atoms with Gasteiger partial charge in [0.2, 0.25) is 0 Å². The zero-order chi connectivity index (χ0) is 15.6. The van der Waals surface area contributed by atoms with E-state index in [1.165, 1.54) is 27.8 Å². The quantitative estimate of drug-likeness (QED) is 0.795. The minimum Gasteiger partial charge on any atom is -0.494 e. The summed E-state index contributed by atoms with van der Waals surface area (Å²) < 4.78 is 5.57. The highest BCUT2D eigenvalue weighted by atomic mass is 16.5. The van der Waals surface area contributed by atoms with Gasteiger partial charge in [-0.2, -0.15) is 0 Å². The van der Waals surface area contributed by atoms with E-state index in [2.05, 4.69) is 53.8 Å². The van der Waals surface area contributed by atoms with Crippen LogP contribution in [0.2, 0.25) is 0 Å². The first-order valence-corrected chi connectivity index (χ1v) is 8.21. The third-order valence-electron chi connectivity index (χ3n) is 4.37. The van der Waals surface area contributed by atoms with Crippen LogP contribution in [0.3, 0.4) is 0 Å². The molecule has 3 nitrogen and oxygen atoms in total. The first-order chi connectivity index (χ1) is 11.4. The van der Waals surface area contributed by atoms with Crippen molar-refractivity contribution in [2.24, 2.45) is 0 Å². The van der Waals surface area contributed by atoms with Gasteiger partial charge in [-0.1, -0.05) is 30.3 Å². The number of ether oxygens (including phenoxy) is 1. The third-order valence-corrected chi connectivity index (χ3v) is 4.37. The smallest absolute Gasteiger partial charge is 0.119 e. The van der Waals surface area contributed by atoms with Gasteiger partial charge in [-0.25, -0.2) is 0 Å². The van der Waals surface area contributed by atoms with Crippen molar-refractivity contribution >= 4 is 10.9 Å². The lowest BCUT2D eigenvalue weighted by molar-refractivity contribution is 0.340. The number of nitrogens with one attached hydrogen (secondary N) is 1. The molecule has 0 fully saturated rings. The molecule has 0 unspecified atom stereocenters. The fraction of sp³-hybridized carbons (Fsp3) is 0.250. The van der Waals surface area contributed by atoms with Crippen LogP contribution in [0.15, 0.2) is 48.5 Å². The van der Waals surface area contributed by atoms with Crippen LogP contribution in [-0.2, 0) is 13.0 Å². The molecular weight excluding hydrogens is 284 g/mol. The number of rotatable bonds is 3. The van der Waals surface area contributed by atoms with Crippen molar-refractivity contribution in [1.29, 1.82) is 0 Å². The Morgan fingerprint density at radius 2 is 1.91 bits per heavy atom. The van der Waals surface area contributed by atoms with Crippen molar-refractivity contribution in [3.8, 4) is 16.9 Å². The number of para-hydroxylation sites is 1. The number of hydrogen-bond donors (Lipinski definition) is 1. The van der Waals surface area contributed by atoms with Crippen LogP contribution >= 0.6 is 0 Å². The molecular formula is C20H20N2O.